The zero-order valence-corrected chi connectivity index (χ0v) is 20.8. The normalized spacial score (nSPS) is 15.4. The first-order valence-electron chi connectivity index (χ1n) is 11.4. The first kappa shape index (κ1) is 23.3. The number of hydrogen-bond donors (Lipinski definition) is 1. The van der Waals surface area contributed by atoms with E-state index in [-0.39, 0.29) is 0 Å². The number of hydrogen-bond acceptors (Lipinski definition) is 6. The van der Waals surface area contributed by atoms with E-state index in [0.717, 1.165) is 46.4 Å². The summed E-state index contributed by atoms with van der Waals surface area (Å²) in [6.07, 6.45) is 3.72. The first-order valence-corrected chi connectivity index (χ1v) is 12.8. The van der Waals surface area contributed by atoms with E-state index in [1.165, 1.54) is 0 Å². The zero-order valence-electron chi connectivity index (χ0n) is 20.0. The Balaban J connectivity index is 1.46. The molecule has 0 amide bonds. The maximum absolute atomic E-state index is 13.1. The maximum atomic E-state index is 13.1. The fourth-order valence-electron chi connectivity index (χ4n) is 4.40. The Morgan fingerprint density at radius 3 is 2.23 bits per heavy atom. The summed E-state index contributed by atoms with van der Waals surface area (Å²) in [4.78, 5) is 10.3. The number of methoxy groups -OCH3 is 2. The highest BCUT2D eigenvalue weighted by atomic mass is 32.2. The van der Waals surface area contributed by atoms with Crippen LogP contribution in [0.5, 0.6) is 11.5 Å². The average Bonchev–Trinajstić information content (AvgIpc) is 3.32. The minimum atomic E-state index is -3.50. The molecule has 182 valence electrons. The molecule has 1 aliphatic rings. The summed E-state index contributed by atoms with van der Waals surface area (Å²) < 4.78 is 38.5. The Hall–Kier alpha value is -3.40. The molecule has 1 aliphatic heterocycles. The standard InChI is InChI=1S/C26H28N4O4S/c1-29-10-12-30(13-11-29)35(31,32)21-7-4-18(5-8-21)20-14-22-23(17-28-26(22)27-16-20)19-6-9-24(33-2)25(15-19)34-3/h4-9,14-17H,10-13H2,1-3H3,(H,27,28). The van der Waals surface area contributed by atoms with Gasteiger partial charge in [0.05, 0.1) is 19.1 Å². The lowest BCUT2D eigenvalue weighted by Gasteiger charge is -2.31. The molecule has 2 aromatic heterocycles. The van der Waals surface area contributed by atoms with Gasteiger partial charge >= 0.3 is 0 Å². The summed E-state index contributed by atoms with van der Waals surface area (Å²) >= 11 is 0. The van der Waals surface area contributed by atoms with Crippen LogP contribution in [0.1, 0.15) is 0 Å². The van der Waals surface area contributed by atoms with Crippen LogP contribution in [-0.2, 0) is 10.0 Å². The van der Waals surface area contributed by atoms with Crippen LogP contribution in [0, 0.1) is 0 Å². The maximum Gasteiger partial charge on any atom is 0.243 e. The van der Waals surface area contributed by atoms with Crippen LogP contribution < -0.4 is 9.47 Å². The Kier molecular flexibility index (Phi) is 6.22. The van der Waals surface area contributed by atoms with Crippen molar-refractivity contribution in [2.24, 2.45) is 0 Å². The number of nitrogens with zero attached hydrogens (tertiary/aromatic N) is 3. The van der Waals surface area contributed by atoms with Gasteiger partial charge in [0.15, 0.2) is 11.5 Å². The molecule has 4 aromatic rings. The summed E-state index contributed by atoms with van der Waals surface area (Å²) in [5.41, 5.74) is 4.54. The van der Waals surface area contributed by atoms with Crippen LogP contribution in [0.4, 0.5) is 0 Å². The summed E-state index contributed by atoms with van der Waals surface area (Å²) in [6.45, 7) is 2.49. The van der Waals surface area contributed by atoms with Crippen molar-refractivity contribution >= 4 is 21.1 Å². The minimum absolute atomic E-state index is 0.313. The van der Waals surface area contributed by atoms with E-state index in [9.17, 15) is 8.42 Å². The highest BCUT2D eigenvalue weighted by Crippen LogP contribution is 2.36. The van der Waals surface area contributed by atoms with Crippen molar-refractivity contribution in [2.75, 3.05) is 47.4 Å². The van der Waals surface area contributed by atoms with Gasteiger partial charge in [-0.1, -0.05) is 18.2 Å². The number of ether oxygens (including phenoxy) is 2. The van der Waals surface area contributed by atoms with Crippen LogP contribution in [0.2, 0.25) is 0 Å². The third kappa shape index (κ3) is 4.38. The number of pyridine rings is 1. The first-order chi connectivity index (χ1) is 16.9. The van der Waals surface area contributed by atoms with Gasteiger partial charge in [0, 0.05) is 55.1 Å². The monoisotopic (exact) mass is 492 g/mol. The molecule has 9 heteroatoms. The van der Waals surface area contributed by atoms with Crippen molar-refractivity contribution in [3.05, 3.63) is 60.9 Å². The van der Waals surface area contributed by atoms with Crippen molar-refractivity contribution in [1.29, 1.82) is 0 Å². The predicted molar refractivity (Wildman–Crippen MR) is 136 cm³/mol. The molecule has 35 heavy (non-hydrogen) atoms. The Bertz CT molecular complexity index is 1460. The molecule has 2 aromatic carbocycles. The highest BCUT2D eigenvalue weighted by molar-refractivity contribution is 7.89. The molecule has 0 aliphatic carbocycles. The number of H-pyrrole nitrogens is 1. The summed E-state index contributed by atoms with van der Waals surface area (Å²) in [5, 5.41) is 0.962. The molecular formula is C26H28N4O4S. The largest absolute Gasteiger partial charge is 0.493 e. The number of nitrogens with one attached hydrogen (secondary N) is 1. The third-order valence-electron chi connectivity index (χ3n) is 6.51. The van der Waals surface area contributed by atoms with Gasteiger partial charge < -0.3 is 19.4 Å². The van der Waals surface area contributed by atoms with Gasteiger partial charge in [-0.15, -0.1) is 0 Å². The van der Waals surface area contributed by atoms with E-state index in [1.807, 2.05) is 43.6 Å². The van der Waals surface area contributed by atoms with Gasteiger partial charge in [0.25, 0.3) is 0 Å². The van der Waals surface area contributed by atoms with E-state index in [2.05, 4.69) is 20.9 Å². The number of piperazine rings is 1. The number of fused-ring (bicyclic) bond motifs is 1. The molecule has 0 spiro atoms. The quantitative estimate of drug-likeness (QED) is 0.440. The SMILES string of the molecule is COc1ccc(-c2c[nH]c3ncc(-c4ccc(S(=O)(=O)N5CCN(C)CC5)cc4)cc23)cc1OC. The Morgan fingerprint density at radius 1 is 0.857 bits per heavy atom. The van der Waals surface area contributed by atoms with Crippen molar-refractivity contribution in [1.82, 2.24) is 19.2 Å². The second kappa shape index (κ2) is 9.33. The molecule has 5 rings (SSSR count). The lowest BCUT2D eigenvalue weighted by molar-refractivity contribution is 0.222. The van der Waals surface area contributed by atoms with Crippen LogP contribution in [0.15, 0.2) is 65.8 Å². The number of aromatic amines is 1. The fraction of sp³-hybridized carbons (Fsp3) is 0.269. The van der Waals surface area contributed by atoms with Crippen LogP contribution >= 0.6 is 0 Å². The number of rotatable bonds is 6. The molecule has 8 nitrogen and oxygen atoms in total. The molecule has 0 saturated carbocycles. The van der Waals surface area contributed by atoms with Gasteiger partial charge in [0.1, 0.15) is 5.65 Å². The molecule has 1 saturated heterocycles. The van der Waals surface area contributed by atoms with Crippen molar-refractivity contribution in [3.8, 4) is 33.8 Å². The van der Waals surface area contributed by atoms with Gasteiger partial charge in [-0.05, 0) is 48.5 Å². The molecule has 0 unspecified atom stereocenters. The number of sulfonamides is 1. The van der Waals surface area contributed by atoms with Gasteiger partial charge in [-0.3, -0.25) is 0 Å². The van der Waals surface area contributed by atoms with Crippen LogP contribution in [0.3, 0.4) is 0 Å². The van der Waals surface area contributed by atoms with Crippen molar-refractivity contribution in [2.45, 2.75) is 4.90 Å². The molecular weight excluding hydrogens is 464 g/mol. The molecule has 0 atom stereocenters. The lowest BCUT2D eigenvalue weighted by atomic mass is 10.0. The summed E-state index contributed by atoms with van der Waals surface area (Å²) in [5.74, 6) is 1.32. The number of likely N-dealkylation sites (N-methyl/N-ethyl adjacent to an activating group) is 1. The fourth-order valence-corrected chi connectivity index (χ4v) is 5.82. The number of benzene rings is 2. The Labute approximate surface area is 205 Å². The lowest BCUT2D eigenvalue weighted by Crippen LogP contribution is -2.46. The van der Waals surface area contributed by atoms with Crippen LogP contribution in [0.25, 0.3) is 33.3 Å². The topological polar surface area (TPSA) is 87.8 Å². The predicted octanol–water partition coefficient (Wildman–Crippen LogP) is 3.85. The van der Waals surface area contributed by atoms with Gasteiger partial charge in [-0.25, -0.2) is 13.4 Å². The second-order valence-corrected chi connectivity index (χ2v) is 10.6. The molecule has 1 fully saturated rings. The van der Waals surface area contributed by atoms with E-state index < -0.39 is 10.0 Å². The second-order valence-electron chi connectivity index (χ2n) is 8.62. The molecule has 1 N–H and O–H groups in total. The van der Waals surface area contributed by atoms with Gasteiger partial charge in [0.2, 0.25) is 10.0 Å². The van der Waals surface area contributed by atoms with E-state index in [1.54, 1.807) is 36.9 Å². The molecule has 0 radical (unpaired) electrons. The van der Waals surface area contributed by atoms with E-state index in [0.29, 0.717) is 29.5 Å². The highest BCUT2D eigenvalue weighted by Gasteiger charge is 2.27. The summed E-state index contributed by atoms with van der Waals surface area (Å²) in [7, 11) is 1.73. The van der Waals surface area contributed by atoms with Crippen LogP contribution in [-0.4, -0.2) is 75.0 Å². The van der Waals surface area contributed by atoms with Gasteiger partial charge in [-0.2, -0.15) is 4.31 Å². The molecule has 3 heterocycles. The zero-order chi connectivity index (χ0) is 24.6. The van der Waals surface area contributed by atoms with Crippen molar-refractivity contribution in [3.63, 3.8) is 0 Å². The number of aromatic nitrogens is 2. The summed E-state index contributed by atoms with van der Waals surface area (Å²) in [6, 6.07) is 14.9. The third-order valence-corrected chi connectivity index (χ3v) is 8.43. The van der Waals surface area contributed by atoms with Crippen molar-refractivity contribution < 1.29 is 17.9 Å². The Morgan fingerprint density at radius 2 is 1.54 bits per heavy atom. The smallest absolute Gasteiger partial charge is 0.243 e. The van der Waals surface area contributed by atoms with E-state index >= 15 is 0 Å². The van der Waals surface area contributed by atoms with E-state index in [4.69, 9.17) is 9.47 Å². The molecule has 0 bridgehead atoms. The average molecular weight is 493 g/mol. The minimum Gasteiger partial charge on any atom is -0.493 e.